The molecule has 0 saturated carbocycles. The van der Waals surface area contributed by atoms with Crippen LogP contribution in [0.4, 0.5) is 5.69 Å². The maximum Gasteiger partial charge on any atom is 0.264 e. The van der Waals surface area contributed by atoms with Gasteiger partial charge in [0.05, 0.1) is 17.2 Å². The number of amides is 2. The maximum atomic E-state index is 14.2. The summed E-state index contributed by atoms with van der Waals surface area (Å²) < 4.78 is 34.9. The van der Waals surface area contributed by atoms with Crippen molar-refractivity contribution in [1.82, 2.24) is 10.2 Å². The predicted octanol–water partition coefficient (Wildman–Crippen LogP) is 6.31. The number of hydrogen-bond donors (Lipinski definition) is 1. The van der Waals surface area contributed by atoms with Crippen LogP contribution in [-0.4, -0.2) is 50.9 Å². The van der Waals surface area contributed by atoms with Crippen LogP contribution >= 0.6 is 23.2 Å². The molecular formula is C31H37Cl2N3O5S. The topological polar surface area (TPSA) is 96.0 Å². The van der Waals surface area contributed by atoms with Gasteiger partial charge in [0.1, 0.15) is 18.3 Å². The number of hydrogen-bond acceptors (Lipinski definition) is 5. The van der Waals surface area contributed by atoms with Crippen LogP contribution in [0, 0.1) is 0 Å². The van der Waals surface area contributed by atoms with E-state index in [1.54, 1.807) is 55.5 Å². The van der Waals surface area contributed by atoms with Crippen molar-refractivity contribution in [2.75, 3.05) is 24.0 Å². The van der Waals surface area contributed by atoms with Gasteiger partial charge in [-0.2, -0.15) is 0 Å². The number of ether oxygens (including phenoxy) is 1. The zero-order valence-corrected chi connectivity index (χ0v) is 26.4. The molecule has 3 aromatic rings. The molecule has 0 radical (unpaired) electrons. The summed E-state index contributed by atoms with van der Waals surface area (Å²) in [6.07, 6.45) is 2.01. The third-order valence-corrected chi connectivity index (χ3v) is 9.02. The monoisotopic (exact) mass is 633 g/mol. The van der Waals surface area contributed by atoms with Gasteiger partial charge in [-0.15, -0.1) is 0 Å². The fourth-order valence-electron chi connectivity index (χ4n) is 4.42. The molecule has 42 heavy (non-hydrogen) atoms. The van der Waals surface area contributed by atoms with E-state index in [0.29, 0.717) is 34.3 Å². The smallest absolute Gasteiger partial charge is 0.264 e. The first-order valence-corrected chi connectivity index (χ1v) is 16.1. The van der Waals surface area contributed by atoms with Crippen LogP contribution in [0.5, 0.6) is 5.75 Å². The minimum Gasteiger partial charge on any atom is -0.492 e. The normalized spacial score (nSPS) is 11.9. The predicted molar refractivity (Wildman–Crippen MR) is 168 cm³/mol. The number of nitrogens with zero attached hydrogens (tertiary/aromatic N) is 2. The van der Waals surface area contributed by atoms with E-state index in [4.69, 9.17) is 27.9 Å². The molecule has 1 N–H and O–H groups in total. The first kappa shape index (κ1) is 33.2. The molecule has 0 aliphatic heterocycles. The molecule has 1 atom stereocenters. The average Bonchev–Trinajstić information content (AvgIpc) is 2.97. The number of carbonyl (C=O) groups excluding carboxylic acids is 2. The highest BCUT2D eigenvalue weighted by atomic mass is 35.5. The second-order valence-corrected chi connectivity index (χ2v) is 12.3. The van der Waals surface area contributed by atoms with E-state index in [1.807, 2.05) is 13.8 Å². The van der Waals surface area contributed by atoms with Crippen LogP contribution in [0.15, 0.2) is 77.7 Å². The molecule has 1 unspecified atom stereocenters. The number of rotatable bonds is 15. The third-order valence-electron chi connectivity index (χ3n) is 6.63. The minimum atomic E-state index is -4.27. The molecule has 0 aliphatic rings. The highest BCUT2D eigenvalue weighted by Gasteiger charge is 2.35. The SMILES string of the molecule is CCCCNC(=O)C(CC)N(Cc1ccccc1Cl)C(=O)CN(c1ccccc1OCC)S(=O)(=O)c1ccc(Cl)cc1. The van der Waals surface area contributed by atoms with Gasteiger partial charge >= 0.3 is 0 Å². The molecule has 0 saturated heterocycles. The van der Waals surface area contributed by atoms with Crippen LogP contribution in [-0.2, 0) is 26.2 Å². The third kappa shape index (κ3) is 8.40. The Balaban J connectivity index is 2.10. The van der Waals surface area contributed by atoms with Crippen LogP contribution in [0.2, 0.25) is 10.0 Å². The molecule has 226 valence electrons. The Morgan fingerprint density at radius 2 is 1.60 bits per heavy atom. The van der Waals surface area contributed by atoms with Gasteiger partial charge in [0, 0.05) is 23.1 Å². The highest BCUT2D eigenvalue weighted by molar-refractivity contribution is 7.92. The lowest BCUT2D eigenvalue weighted by atomic mass is 10.1. The molecular weight excluding hydrogens is 597 g/mol. The summed E-state index contributed by atoms with van der Waals surface area (Å²) in [6.45, 7) is 5.80. The summed E-state index contributed by atoms with van der Waals surface area (Å²) >= 11 is 12.5. The standard InChI is InChI=1S/C31H37Cl2N3O5S/c1-4-7-20-34-31(38)27(5-2)35(21-23-12-8-9-13-26(23)33)30(37)22-36(28-14-10-11-15-29(28)41-6-3)42(39,40)25-18-16-24(32)17-19-25/h8-19,27H,4-7,20-22H2,1-3H3,(H,34,38). The summed E-state index contributed by atoms with van der Waals surface area (Å²) in [4.78, 5) is 28.9. The summed E-state index contributed by atoms with van der Waals surface area (Å²) in [7, 11) is -4.27. The summed E-state index contributed by atoms with van der Waals surface area (Å²) in [5, 5.41) is 3.72. The molecule has 3 rings (SSSR count). The van der Waals surface area contributed by atoms with E-state index in [0.717, 1.165) is 17.1 Å². The number of carbonyl (C=O) groups is 2. The lowest BCUT2D eigenvalue weighted by Gasteiger charge is -2.33. The van der Waals surface area contributed by atoms with Crippen molar-refractivity contribution < 1.29 is 22.7 Å². The molecule has 2 amide bonds. The molecule has 0 aromatic heterocycles. The lowest BCUT2D eigenvalue weighted by molar-refractivity contribution is -0.140. The van der Waals surface area contributed by atoms with Crippen LogP contribution in [0.25, 0.3) is 0 Å². The van der Waals surface area contributed by atoms with Crippen molar-refractivity contribution in [3.63, 3.8) is 0 Å². The molecule has 0 fully saturated rings. The number of halogens is 2. The lowest BCUT2D eigenvalue weighted by Crippen LogP contribution is -2.52. The van der Waals surface area contributed by atoms with Crippen molar-refractivity contribution in [2.45, 2.75) is 57.5 Å². The number of anilines is 1. The molecule has 0 spiro atoms. The first-order chi connectivity index (χ1) is 20.1. The molecule has 0 heterocycles. The van der Waals surface area contributed by atoms with Crippen LogP contribution in [0.1, 0.15) is 45.6 Å². The van der Waals surface area contributed by atoms with Gasteiger partial charge in [0.15, 0.2) is 0 Å². The molecule has 0 aliphatic carbocycles. The molecule has 0 bridgehead atoms. The summed E-state index contributed by atoms with van der Waals surface area (Å²) in [5.41, 5.74) is 0.829. The van der Waals surface area contributed by atoms with Crippen LogP contribution < -0.4 is 14.4 Å². The van der Waals surface area contributed by atoms with Gasteiger partial charge in [0.2, 0.25) is 11.8 Å². The second-order valence-electron chi connectivity index (χ2n) is 9.55. The maximum absolute atomic E-state index is 14.2. The van der Waals surface area contributed by atoms with Gasteiger partial charge in [-0.1, -0.05) is 73.8 Å². The minimum absolute atomic E-state index is 0.0140. The summed E-state index contributed by atoms with van der Waals surface area (Å²) in [6, 6.07) is 18.5. The summed E-state index contributed by atoms with van der Waals surface area (Å²) in [5.74, 6) is -0.586. The largest absolute Gasteiger partial charge is 0.492 e. The number of nitrogens with one attached hydrogen (secondary N) is 1. The fraction of sp³-hybridized carbons (Fsp3) is 0.355. The average molecular weight is 635 g/mol. The van der Waals surface area contributed by atoms with E-state index in [-0.39, 0.29) is 29.6 Å². The van der Waals surface area contributed by atoms with Gasteiger partial charge in [-0.3, -0.25) is 13.9 Å². The number of para-hydroxylation sites is 2. The Morgan fingerprint density at radius 1 is 0.929 bits per heavy atom. The molecule has 11 heteroatoms. The van der Waals surface area contributed by atoms with E-state index < -0.39 is 28.5 Å². The van der Waals surface area contributed by atoms with Crippen molar-refractivity contribution in [3.8, 4) is 5.75 Å². The van der Waals surface area contributed by atoms with E-state index in [9.17, 15) is 18.0 Å². The van der Waals surface area contributed by atoms with Crippen molar-refractivity contribution in [1.29, 1.82) is 0 Å². The Bertz CT molecular complexity index is 1450. The zero-order chi connectivity index (χ0) is 30.7. The van der Waals surface area contributed by atoms with Gasteiger partial charge in [-0.05, 0) is 67.8 Å². The van der Waals surface area contributed by atoms with Crippen LogP contribution in [0.3, 0.4) is 0 Å². The zero-order valence-electron chi connectivity index (χ0n) is 24.1. The van der Waals surface area contributed by atoms with E-state index in [2.05, 4.69) is 5.32 Å². The molecule has 3 aromatic carbocycles. The van der Waals surface area contributed by atoms with Crippen molar-refractivity contribution in [2.24, 2.45) is 0 Å². The van der Waals surface area contributed by atoms with E-state index >= 15 is 0 Å². The van der Waals surface area contributed by atoms with Crippen molar-refractivity contribution >= 4 is 50.7 Å². The Labute approximate surface area is 258 Å². The Hall–Kier alpha value is -3.27. The van der Waals surface area contributed by atoms with Gasteiger partial charge in [-0.25, -0.2) is 8.42 Å². The second kappa shape index (κ2) is 15.8. The van der Waals surface area contributed by atoms with Crippen molar-refractivity contribution in [3.05, 3.63) is 88.4 Å². The number of sulfonamides is 1. The number of unbranched alkanes of at least 4 members (excludes halogenated alkanes) is 1. The van der Waals surface area contributed by atoms with E-state index in [1.165, 1.54) is 29.2 Å². The number of benzene rings is 3. The first-order valence-electron chi connectivity index (χ1n) is 13.9. The molecule has 8 nitrogen and oxygen atoms in total. The quantitative estimate of drug-likeness (QED) is 0.198. The Kier molecular flexibility index (Phi) is 12.5. The Morgan fingerprint density at radius 3 is 2.24 bits per heavy atom. The highest BCUT2D eigenvalue weighted by Crippen LogP contribution is 2.33. The fourth-order valence-corrected chi connectivity index (χ4v) is 6.17. The van der Waals surface area contributed by atoms with Gasteiger partial charge < -0.3 is 15.0 Å². The van der Waals surface area contributed by atoms with Gasteiger partial charge in [0.25, 0.3) is 10.0 Å².